The number of rotatable bonds is 6. The van der Waals surface area contributed by atoms with Crippen molar-refractivity contribution in [2.24, 2.45) is 0 Å². The molecule has 24 heavy (non-hydrogen) atoms. The van der Waals surface area contributed by atoms with Gasteiger partial charge in [-0.25, -0.2) is 4.79 Å². The molecule has 0 aromatic heterocycles. The molecule has 0 aliphatic heterocycles. The molecule has 0 atom stereocenters. The number of aromatic carboxylic acids is 1. The van der Waals surface area contributed by atoms with Crippen LogP contribution in [-0.2, 0) is 17.6 Å². The summed E-state index contributed by atoms with van der Waals surface area (Å²) in [5.74, 6) is -1.10. The Labute approximate surface area is 142 Å². The molecule has 0 saturated carbocycles. The van der Waals surface area contributed by atoms with Gasteiger partial charge in [0.1, 0.15) is 0 Å². The number of hydrogen-bond donors (Lipinski definition) is 2. The van der Waals surface area contributed by atoms with E-state index >= 15 is 0 Å². The van der Waals surface area contributed by atoms with E-state index in [0.29, 0.717) is 5.56 Å². The minimum atomic E-state index is -0.989. The summed E-state index contributed by atoms with van der Waals surface area (Å²) < 4.78 is 0. The fourth-order valence-electron chi connectivity index (χ4n) is 2.75. The second-order valence-electron chi connectivity index (χ2n) is 6.72. The molecule has 4 heteroatoms. The second kappa shape index (κ2) is 7.30. The molecule has 2 rings (SSSR count). The lowest BCUT2D eigenvalue weighted by atomic mass is 9.92. The minimum absolute atomic E-state index is 0.115. The first-order chi connectivity index (χ1) is 11.3. The van der Waals surface area contributed by atoms with Crippen LogP contribution >= 0.6 is 0 Å². The van der Waals surface area contributed by atoms with Crippen molar-refractivity contribution >= 4 is 11.9 Å². The SMILES string of the molecule is Cc1ccccc1CC(C)(C)NC(=O)Cc1cccc(C(=O)O)c1. The fourth-order valence-corrected chi connectivity index (χ4v) is 2.75. The number of amides is 1. The Hall–Kier alpha value is -2.62. The van der Waals surface area contributed by atoms with E-state index in [1.807, 2.05) is 26.0 Å². The van der Waals surface area contributed by atoms with E-state index in [9.17, 15) is 9.59 Å². The highest BCUT2D eigenvalue weighted by atomic mass is 16.4. The molecule has 126 valence electrons. The summed E-state index contributed by atoms with van der Waals surface area (Å²) in [6.07, 6.45) is 0.902. The third kappa shape index (κ3) is 4.95. The van der Waals surface area contributed by atoms with Gasteiger partial charge in [-0.05, 0) is 56.0 Å². The summed E-state index contributed by atoms with van der Waals surface area (Å²) in [7, 11) is 0. The Morgan fingerprint density at radius 3 is 2.46 bits per heavy atom. The summed E-state index contributed by atoms with van der Waals surface area (Å²) in [4.78, 5) is 23.3. The van der Waals surface area contributed by atoms with Crippen LogP contribution in [-0.4, -0.2) is 22.5 Å². The zero-order valence-electron chi connectivity index (χ0n) is 14.3. The number of nitrogens with one attached hydrogen (secondary N) is 1. The smallest absolute Gasteiger partial charge is 0.335 e. The summed E-state index contributed by atoms with van der Waals surface area (Å²) in [6.45, 7) is 6.04. The van der Waals surface area contributed by atoms with Crippen LogP contribution in [0.1, 0.15) is 40.9 Å². The minimum Gasteiger partial charge on any atom is -0.478 e. The van der Waals surface area contributed by atoms with Crippen LogP contribution in [0.4, 0.5) is 0 Å². The molecule has 2 aromatic rings. The van der Waals surface area contributed by atoms with Crippen molar-refractivity contribution in [3.8, 4) is 0 Å². The molecule has 1 amide bonds. The Morgan fingerprint density at radius 1 is 1.08 bits per heavy atom. The first kappa shape index (κ1) is 17.7. The molecule has 0 aliphatic rings. The standard InChI is InChI=1S/C20H23NO3/c1-14-7-4-5-9-17(14)13-20(2,3)21-18(22)12-15-8-6-10-16(11-15)19(23)24/h4-11H,12-13H2,1-3H3,(H,21,22)(H,23,24). The highest BCUT2D eigenvalue weighted by Crippen LogP contribution is 2.16. The van der Waals surface area contributed by atoms with Gasteiger partial charge in [-0.2, -0.15) is 0 Å². The lowest BCUT2D eigenvalue weighted by Gasteiger charge is -2.27. The van der Waals surface area contributed by atoms with E-state index < -0.39 is 5.97 Å². The van der Waals surface area contributed by atoms with E-state index in [0.717, 1.165) is 6.42 Å². The maximum absolute atomic E-state index is 12.3. The van der Waals surface area contributed by atoms with Gasteiger partial charge < -0.3 is 10.4 Å². The number of carboxylic acids is 1. The number of carbonyl (C=O) groups excluding carboxylic acids is 1. The summed E-state index contributed by atoms with van der Waals surface area (Å²) in [5, 5.41) is 12.1. The fraction of sp³-hybridized carbons (Fsp3) is 0.300. The van der Waals surface area contributed by atoms with Gasteiger partial charge in [0.25, 0.3) is 0 Å². The molecule has 0 spiro atoms. The maximum Gasteiger partial charge on any atom is 0.335 e. The van der Waals surface area contributed by atoms with Crippen molar-refractivity contribution < 1.29 is 14.7 Å². The highest BCUT2D eigenvalue weighted by molar-refractivity contribution is 5.88. The largest absolute Gasteiger partial charge is 0.478 e. The molecule has 0 fully saturated rings. The van der Waals surface area contributed by atoms with Gasteiger partial charge in [-0.3, -0.25) is 4.79 Å². The van der Waals surface area contributed by atoms with Crippen LogP contribution < -0.4 is 5.32 Å². The van der Waals surface area contributed by atoms with Gasteiger partial charge >= 0.3 is 5.97 Å². The van der Waals surface area contributed by atoms with Gasteiger partial charge in [0.2, 0.25) is 5.91 Å². The average Bonchev–Trinajstić information content (AvgIpc) is 2.49. The van der Waals surface area contributed by atoms with E-state index in [2.05, 4.69) is 24.4 Å². The van der Waals surface area contributed by atoms with Crippen LogP contribution in [0.2, 0.25) is 0 Å². The van der Waals surface area contributed by atoms with Crippen LogP contribution in [0.15, 0.2) is 48.5 Å². The van der Waals surface area contributed by atoms with Crippen molar-refractivity contribution in [1.82, 2.24) is 5.32 Å². The van der Waals surface area contributed by atoms with Gasteiger partial charge in [-0.15, -0.1) is 0 Å². The Bertz CT molecular complexity index is 750. The normalized spacial score (nSPS) is 11.1. The molecular formula is C20H23NO3. The van der Waals surface area contributed by atoms with Gasteiger partial charge in [0, 0.05) is 5.54 Å². The lowest BCUT2D eigenvalue weighted by molar-refractivity contribution is -0.122. The molecule has 4 nitrogen and oxygen atoms in total. The van der Waals surface area contributed by atoms with E-state index in [4.69, 9.17) is 5.11 Å². The van der Waals surface area contributed by atoms with E-state index in [-0.39, 0.29) is 23.4 Å². The molecule has 2 N–H and O–H groups in total. The predicted molar refractivity (Wildman–Crippen MR) is 94.2 cm³/mol. The van der Waals surface area contributed by atoms with Crippen molar-refractivity contribution in [3.63, 3.8) is 0 Å². The summed E-state index contributed by atoms with van der Waals surface area (Å²) in [6, 6.07) is 14.6. The predicted octanol–water partition coefficient (Wildman–Crippen LogP) is 3.37. The number of hydrogen-bond acceptors (Lipinski definition) is 2. The Kier molecular flexibility index (Phi) is 5.39. The Balaban J connectivity index is 2.01. The van der Waals surface area contributed by atoms with Crippen LogP contribution in [0.3, 0.4) is 0 Å². The molecule has 0 bridgehead atoms. The van der Waals surface area contributed by atoms with Crippen molar-refractivity contribution in [3.05, 3.63) is 70.8 Å². The quantitative estimate of drug-likeness (QED) is 0.856. The monoisotopic (exact) mass is 325 g/mol. The number of carboxylic acid groups (broad SMARTS) is 1. The second-order valence-corrected chi connectivity index (χ2v) is 6.72. The summed E-state index contributed by atoms with van der Waals surface area (Å²) in [5.41, 5.74) is 2.91. The number of benzene rings is 2. The molecule has 0 saturated heterocycles. The summed E-state index contributed by atoms with van der Waals surface area (Å²) >= 11 is 0. The first-order valence-electron chi connectivity index (χ1n) is 7.94. The van der Waals surface area contributed by atoms with Crippen LogP contribution in [0, 0.1) is 6.92 Å². The van der Waals surface area contributed by atoms with Gasteiger partial charge in [-0.1, -0.05) is 36.4 Å². The third-order valence-corrected chi connectivity index (χ3v) is 3.91. The van der Waals surface area contributed by atoms with Crippen molar-refractivity contribution in [1.29, 1.82) is 0 Å². The van der Waals surface area contributed by atoms with Crippen molar-refractivity contribution in [2.45, 2.75) is 39.2 Å². The molecule has 0 aliphatic carbocycles. The van der Waals surface area contributed by atoms with Crippen LogP contribution in [0.5, 0.6) is 0 Å². The topological polar surface area (TPSA) is 66.4 Å². The molecule has 0 unspecified atom stereocenters. The number of aryl methyl sites for hydroxylation is 1. The van der Waals surface area contributed by atoms with Gasteiger partial charge in [0.05, 0.1) is 12.0 Å². The van der Waals surface area contributed by atoms with E-state index in [1.165, 1.54) is 23.3 Å². The highest BCUT2D eigenvalue weighted by Gasteiger charge is 2.22. The molecule has 0 radical (unpaired) electrons. The Morgan fingerprint density at radius 2 is 1.79 bits per heavy atom. The first-order valence-corrected chi connectivity index (χ1v) is 7.94. The zero-order valence-corrected chi connectivity index (χ0v) is 14.3. The molecular weight excluding hydrogens is 302 g/mol. The lowest BCUT2D eigenvalue weighted by Crippen LogP contribution is -2.45. The van der Waals surface area contributed by atoms with E-state index in [1.54, 1.807) is 12.1 Å². The van der Waals surface area contributed by atoms with Crippen LogP contribution in [0.25, 0.3) is 0 Å². The van der Waals surface area contributed by atoms with Crippen molar-refractivity contribution in [2.75, 3.05) is 0 Å². The average molecular weight is 325 g/mol. The molecule has 2 aromatic carbocycles. The van der Waals surface area contributed by atoms with Gasteiger partial charge in [0.15, 0.2) is 0 Å². The molecule has 0 heterocycles. The third-order valence-electron chi connectivity index (χ3n) is 3.91. The number of carbonyl (C=O) groups is 2. The zero-order chi connectivity index (χ0) is 17.7. The maximum atomic E-state index is 12.3.